The highest BCUT2D eigenvalue weighted by atomic mass is 16.2. The van der Waals surface area contributed by atoms with Gasteiger partial charge in [0.25, 0.3) is 0 Å². The second-order valence-corrected chi connectivity index (χ2v) is 6.13. The first-order valence-corrected chi connectivity index (χ1v) is 7.45. The molecule has 1 saturated carbocycles. The molecule has 0 aromatic heterocycles. The molecule has 3 heteroatoms. The highest BCUT2D eigenvalue weighted by Crippen LogP contribution is 2.25. The van der Waals surface area contributed by atoms with E-state index in [1.165, 1.54) is 32.1 Å². The summed E-state index contributed by atoms with van der Waals surface area (Å²) >= 11 is 0. The van der Waals surface area contributed by atoms with Crippen LogP contribution >= 0.6 is 0 Å². The predicted octanol–water partition coefficient (Wildman–Crippen LogP) is 2.52. The van der Waals surface area contributed by atoms with E-state index in [1.807, 2.05) is 19.0 Å². The third-order valence-electron chi connectivity index (χ3n) is 4.18. The fourth-order valence-corrected chi connectivity index (χ4v) is 2.96. The average molecular weight is 254 g/mol. The van der Waals surface area contributed by atoms with E-state index in [9.17, 15) is 4.79 Å². The molecule has 0 aliphatic heterocycles. The van der Waals surface area contributed by atoms with Crippen molar-refractivity contribution in [1.82, 2.24) is 10.2 Å². The van der Waals surface area contributed by atoms with E-state index < -0.39 is 0 Å². The molecule has 1 N–H and O–H groups in total. The smallest absolute Gasteiger partial charge is 0.226 e. The van der Waals surface area contributed by atoms with Crippen molar-refractivity contribution < 1.29 is 4.79 Å². The fraction of sp³-hybridized carbons (Fsp3) is 0.933. The summed E-state index contributed by atoms with van der Waals surface area (Å²) in [7, 11) is 3.89. The molecular formula is C15H30N2O. The molecule has 0 spiro atoms. The van der Waals surface area contributed by atoms with Gasteiger partial charge in [0, 0.05) is 20.1 Å². The second kappa shape index (κ2) is 7.78. The van der Waals surface area contributed by atoms with Crippen molar-refractivity contribution >= 4 is 5.91 Å². The Hall–Kier alpha value is -0.570. The lowest BCUT2D eigenvalue weighted by molar-refractivity contribution is -0.136. The Morgan fingerprint density at radius 1 is 1.28 bits per heavy atom. The van der Waals surface area contributed by atoms with Gasteiger partial charge < -0.3 is 10.2 Å². The van der Waals surface area contributed by atoms with Crippen LogP contribution in [0.5, 0.6) is 0 Å². The fourth-order valence-electron chi connectivity index (χ4n) is 2.96. The zero-order valence-electron chi connectivity index (χ0n) is 12.5. The zero-order chi connectivity index (χ0) is 13.5. The van der Waals surface area contributed by atoms with Gasteiger partial charge in [0.1, 0.15) is 0 Å². The normalized spacial score (nSPS) is 18.9. The van der Waals surface area contributed by atoms with Gasteiger partial charge >= 0.3 is 0 Å². The maximum atomic E-state index is 12.4. The van der Waals surface area contributed by atoms with E-state index in [4.69, 9.17) is 0 Å². The van der Waals surface area contributed by atoms with Crippen molar-refractivity contribution in [2.45, 2.75) is 46.0 Å². The molecule has 0 aromatic rings. The number of carbonyl (C=O) groups excluding carboxylic acids is 1. The van der Waals surface area contributed by atoms with E-state index in [-0.39, 0.29) is 5.92 Å². The van der Waals surface area contributed by atoms with Crippen LogP contribution < -0.4 is 5.32 Å². The number of nitrogens with zero attached hydrogens (tertiary/aromatic N) is 1. The average Bonchev–Trinajstić information content (AvgIpc) is 2.36. The van der Waals surface area contributed by atoms with Gasteiger partial charge in [-0.25, -0.2) is 0 Å². The molecule has 1 amide bonds. The summed E-state index contributed by atoms with van der Waals surface area (Å²) in [5.41, 5.74) is 0. The number of nitrogens with one attached hydrogen (secondary N) is 1. The van der Waals surface area contributed by atoms with Gasteiger partial charge in [-0.15, -0.1) is 0 Å². The van der Waals surface area contributed by atoms with E-state index in [2.05, 4.69) is 19.2 Å². The maximum absolute atomic E-state index is 12.4. The van der Waals surface area contributed by atoms with Crippen molar-refractivity contribution in [2.75, 3.05) is 27.2 Å². The summed E-state index contributed by atoms with van der Waals surface area (Å²) in [5.74, 6) is 1.56. The molecule has 0 heterocycles. The molecule has 0 bridgehead atoms. The molecule has 1 rings (SSSR count). The van der Waals surface area contributed by atoms with Crippen molar-refractivity contribution in [3.8, 4) is 0 Å². The Balaban J connectivity index is 2.47. The van der Waals surface area contributed by atoms with E-state index >= 15 is 0 Å². The molecule has 18 heavy (non-hydrogen) atoms. The largest absolute Gasteiger partial charge is 0.345 e. The van der Waals surface area contributed by atoms with Crippen LogP contribution in [0.4, 0.5) is 0 Å². The first-order chi connectivity index (χ1) is 8.56. The molecule has 1 atom stereocenters. The Bertz CT molecular complexity index is 247. The number of hydrogen-bond donors (Lipinski definition) is 1. The van der Waals surface area contributed by atoms with Crippen LogP contribution in [0.1, 0.15) is 46.0 Å². The summed E-state index contributed by atoms with van der Waals surface area (Å²) in [6.07, 6.45) is 6.67. The third-order valence-corrected chi connectivity index (χ3v) is 4.18. The van der Waals surface area contributed by atoms with Gasteiger partial charge in [0.2, 0.25) is 5.91 Å². The van der Waals surface area contributed by atoms with E-state index in [0.717, 1.165) is 19.0 Å². The zero-order valence-corrected chi connectivity index (χ0v) is 12.5. The quantitative estimate of drug-likeness (QED) is 0.790. The Morgan fingerprint density at radius 3 is 2.39 bits per heavy atom. The molecule has 106 valence electrons. The maximum Gasteiger partial charge on any atom is 0.226 e. The Labute approximate surface area is 112 Å². The van der Waals surface area contributed by atoms with Crippen molar-refractivity contribution in [3.05, 3.63) is 0 Å². The molecule has 0 aromatic carbocycles. The molecule has 0 radical (unpaired) electrons. The highest BCUT2D eigenvalue weighted by molar-refractivity contribution is 5.79. The van der Waals surface area contributed by atoms with Gasteiger partial charge in [0.15, 0.2) is 0 Å². The van der Waals surface area contributed by atoms with Crippen LogP contribution in [0.25, 0.3) is 0 Å². The van der Waals surface area contributed by atoms with Crippen LogP contribution in [0.15, 0.2) is 0 Å². The van der Waals surface area contributed by atoms with Crippen molar-refractivity contribution in [2.24, 2.45) is 17.8 Å². The minimum atomic E-state index is 0.114. The molecule has 1 unspecified atom stereocenters. The summed E-state index contributed by atoms with van der Waals surface area (Å²) in [6, 6.07) is 0. The third kappa shape index (κ3) is 4.60. The summed E-state index contributed by atoms with van der Waals surface area (Å²) in [5, 5.41) is 3.14. The minimum Gasteiger partial charge on any atom is -0.345 e. The minimum absolute atomic E-state index is 0.114. The molecule has 1 aliphatic carbocycles. The SMILES string of the molecule is CNCC(C(=O)N(C)CC1CCCCC1)C(C)C. The van der Waals surface area contributed by atoms with Gasteiger partial charge in [-0.3, -0.25) is 4.79 Å². The van der Waals surface area contributed by atoms with Crippen molar-refractivity contribution in [1.29, 1.82) is 0 Å². The van der Waals surface area contributed by atoms with Gasteiger partial charge in [-0.05, 0) is 31.7 Å². The molecular weight excluding hydrogens is 224 g/mol. The van der Waals surface area contributed by atoms with E-state index in [0.29, 0.717) is 11.8 Å². The number of hydrogen-bond acceptors (Lipinski definition) is 2. The monoisotopic (exact) mass is 254 g/mol. The van der Waals surface area contributed by atoms with Crippen LogP contribution in [0.2, 0.25) is 0 Å². The van der Waals surface area contributed by atoms with Gasteiger partial charge in [-0.2, -0.15) is 0 Å². The topological polar surface area (TPSA) is 32.3 Å². The molecule has 3 nitrogen and oxygen atoms in total. The van der Waals surface area contributed by atoms with E-state index in [1.54, 1.807) is 0 Å². The van der Waals surface area contributed by atoms with Gasteiger partial charge in [-0.1, -0.05) is 33.1 Å². The van der Waals surface area contributed by atoms with Crippen LogP contribution in [-0.4, -0.2) is 38.0 Å². The second-order valence-electron chi connectivity index (χ2n) is 6.13. The standard InChI is InChI=1S/C15H30N2O/c1-12(2)14(10-16-3)15(18)17(4)11-13-8-6-5-7-9-13/h12-14,16H,5-11H2,1-4H3. The number of carbonyl (C=O) groups is 1. The highest BCUT2D eigenvalue weighted by Gasteiger charge is 2.26. The first-order valence-electron chi connectivity index (χ1n) is 7.45. The summed E-state index contributed by atoms with van der Waals surface area (Å²) < 4.78 is 0. The number of rotatable bonds is 6. The van der Waals surface area contributed by atoms with Crippen LogP contribution in [-0.2, 0) is 4.79 Å². The molecule has 1 fully saturated rings. The summed E-state index contributed by atoms with van der Waals surface area (Å²) in [6.45, 7) is 6.00. The van der Waals surface area contributed by atoms with Gasteiger partial charge in [0.05, 0.1) is 5.92 Å². The lowest BCUT2D eigenvalue weighted by atomic mass is 9.88. The lowest BCUT2D eigenvalue weighted by Crippen LogP contribution is -2.42. The summed E-state index contributed by atoms with van der Waals surface area (Å²) in [4.78, 5) is 14.4. The number of amides is 1. The predicted molar refractivity (Wildman–Crippen MR) is 76.5 cm³/mol. The Morgan fingerprint density at radius 2 is 1.89 bits per heavy atom. The van der Waals surface area contributed by atoms with Crippen LogP contribution in [0.3, 0.4) is 0 Å². The lowest BCUT2D eigenvalue weighted by Gasteiger charge is -2.30. The van der Waals surface area contributed by atoms with Crippen molar-refractivity contribution in [3.63, 3.8) is 0 Å². The molecule has 0 saturated heterocycles. The Kier molecular flexibility index (Phi) is 6.69. The van der Waals surface area contributed by atoms with Crippen LogP contribution in [0, 0.1) is 17.8 Å². The first kappa shape index (κ1) is 15.5. The molecule has 1 aliphatic rings.